The van der Waals surface area contributed by atoms with Crippen LogP contribution < -0.4 is 20.5 Å². The van der Waals surface area contributed by atoms with Gasteiger partial charge in [0.05, 0.1) is 24.5 Å². The van der Waals surface area contributed by atoms with Crippen molar-refractivity contribution >= 4 is 18.0 Å². The van der Waals surface area contributed by atoms with E-state index >= 15 is 0 Å². The van der Waals surface area contributed by atoms with E-state index in [1.165, 1.54) is 6.07 Å². The summed E-state index contributed by atoms with van der Waals surface area (Å²) < 4.78 is 38.7. The summed E-state index contributed by atoms with van der Waals surface area (Å²) in [4.78, 5) is 2.17. The number of para-hydroxylation sites is 1. The van der Waals surface area contributed by atoms with Crippen LogP contribution in [0, 0.1) is 6.92 Å². The van der Waals surface area contributed by atoms with Gasteiger partial charge in [-0.3, -0.25) is 0 Å². The summed E-state index contributed by atoms with van der Waals surface area (Å²) in [7, 11) is 0. The number of fused-ring (bicyclic) bond motifs is 1. The van der Waals surface area contributed by atoms with Crippen LogP contribution in [0.4, 0.5) is 14.6 Å². The summed E-state index contributed by atoms with van der Waals surface area (Å²) in [5, 5.41) is 13.7. The molecular formula is C23H26F2N4O2. The van der Waals surface area contributed by atoms with Crippen LogP contribution in [0.2, 0.25) is 0 Å². The molecule has 3 heterocycles. The number of halogens is 2. The Balaban J connectivity index is 1.66. The summed E-state index contributed by atoms with van der Waals surface area (Å²) in [6, 6.07) is 4.81. The number of hydrogen-bond donors (Lipinski definition) is 1. The molecule has 0 spiro atoms. The molecule has 0 bridgehead atoms. The van der Waals surface area contributed by atoms with Crippen molar-refractivity contribution in [3.63, 3.8) is 0 Å². The van der Waals surface area contributed by atoms with Gasteiger partial charge in [-0.15, -0.1) is 5.10 Å². The molecule has 8 heteroatoms. The van der Waals surface area contributed by atoms with E-state index in [-0.39, 0.29) is 17.9 Å². The molecule has 1 aromatic carbocycles. The second-order valence-electron chi connectivity index (χ2n) is 7.63. The normalized spacial score (nSPS) is 18.6. The van der Waals surface area contributed by atoms with Crippen LogP contribution in [0.15, 0.2) is 30.5 Å². The van der Waals surface area contributed by atoms with Gasteiger partial charge >= 0.3 is 5.92 Å². The zero-order valence-corrected chi connectivity index (χ0v) is 17.8. The van der Waals surface area contributed by atoms with Crippen LogP contribution in [0.1, 0.15) is 23.7 Å². The number of aryl methyl sites for hydroxylation is 1. The smallest absolute Gasteiger partial charge is 0.310 e. The number of aromatic nitrogens is 2. The quantitative estimate of drug-likeness (QED) is 0.789. The number of nitrogens with zero attached hydrogens (tertiary/aromatic N) is 3. The van der Waals surface area contributed by atoms with E-state index in [0.717, 1.165) is 34.9 Å². The van der Waals surface area contributed by atoms with E-state index in [1.54, 1.807) is 12.1 Å². The monoisotopic (exact) mass is 428 g/mol. The summed E-state index contributed by atoms with van der Waals surface area (Å²) in [5.74, 6) is -2.16. The highest BCUT2D eigenvalue weighted by atomic mass is 19.3. The molecule has 0 unspecified atom stereocenters. The molecule has 4 rings (SSSR count). The van der Waals surface area contributed by atoms with Gasteiger partial charge in [0, 0.05) is 41.3 Å². The Labute approximate surface area is 179 Å². The lowest BCUT2D eigenvalue weighted by Crippen LogP contribution is -2.37. The van der Waals surface area contributed by atoms with Crippen molar-refractivity contribution < 1.29 is 18.3 Å². The molecule has 31 heavy (non-hydrogen) atoms. The van der Waals surface area contributed by atoms with Crippen molar-refractivity contribution in [3.05, 3.63) is 57.7 Å². The number of allylic oxidation sites excluding steroid dienone is 1. The fraction of sp³-hybridized carbons (Fsp3) is 0.391. The number of rotatable bonds is 5. The van der Waals surface area contributed by atoms with Crippen LogP contribution >= 0.6 is 0 Å². The first-order valence-corrected chi connectivity index (χ1v) is 10.3. The number of alkyl halides is 2. The second kappa shape index (κ2) is 8.63. The maximum absolute atomic E-state index is 14.0. The van der Waals surface area contributed by atoms with Gasteiger partial charge in [-0.05, 0) is 26.0 Å². The summed E-state index contributed by atoms with van der Waals surface area (Å²) in [5.41, 5.74) is 2.25. The van der Waals surface area contributed by atoms with Gasteiger partial charge in [-0.25, -0.2) is 0 Å². The van der Waals surface area contributed by atoms with Crippen LogP contribution in [0.3, 0.4) is 0 Å². The third-order valence-corrected chi connectivity index (χ3v) is 5.59. The Morgan fingerprint density at radius 3 is 2.77 bits per heavy atom. The molecule has 0 radical (unpaired) electrons. The van der Waals surface area contributed by atoms with E-state index < -0.39 is 12.5 Å². The van der Waals surface area contributed by atoms with Crippen LogP contribution in [-0.2, 0) is 17.2 Å². The first-order chi connectivity index (χ1) is 14.9. The van der Waals surface area contributed by atoms with Gasteiger partial charge in [0.25, 0.3) is 0 Å². The standard InChI is InChI=1S/C23H26F2N4O2/c1-4-18-16(3)27-28-22(19(18)12-15(2)29-8-10-30-11-9-29)26-13-17-6-5-7-20-21(17)31-14-23(20,24)25/h4-7,12H,2,8-11,13-14H2,1,3H3,(H,26,28)/b18-4-,19-12+. The average molecular weight is 428 g/mol. The highest BCUT2D eigenvalue weighted by Crippen LogP contribution is 2.43. The Bertz CT molecular complexity index is 1110. The molecule has 1 N–H and O–H groups in total. The molecule has 0 aliphatic carbocycles. The molecule has 1 fully saturated rings. The van der Waals surface area contributed by atoms with Crippen molar-refractivity contribution in [1.82, 2.24) is 15.1 Å². The summed E-state index contributed by atoms with van der Waals surface area (Å²) in [6.07, 6.45) is 3.97. The number of ether oxygens (including phenoxy) is 2. The number of nitrogens with one attached hydrogen (secondary N) is 1. The number of benzene rings is 1. The minimum Gasteiger partial charge on any atom is -0.486 e. The highest BCUT2D eigenvalue weighted by Gasteiger charge is 2.42. The lowest BCUT2D eigenvalue weighted by Gasteiger charge is -2.29. The predicted octanol–water partition coefficient (Wildman–Crippen LogP) is 2.31. The zero-order valence-electron chi connectivity index (χ0n) is 17.8. The lowest BCUT2D eigenvalue weighted by molar-refractivity contribution is -0.0214. The Morgan fingerprint density at radius 1 is 1.26 bits per heavy atom. The van der Waals surface area contributed by atoms with Gasteiger partial charge < -0.3 is 19.7 Å². The lowest BCUT2D eigenvalue weighted by atomic mass is 10.1. The number of hydrogen-bond acceptors (Lipinski definition) is 6. The summed E-state index contributed by atoms with van der Waals surface area (Å²) >= 11 is 0. The maximum Gasteiger partial charge on any atom is 0.310 e. The molecule has 0 atom stereocenters. The molecule has 1 aromatic heterocycles. The molecule has 2 aliphatic heterocycles. The molecule has 164 valence electrons. The van der Waals surface area contributed by atoms with Crippen molar-refractivity contribution in [3.8, 4) is 5.75 Å². The Morgan fingerprint density at radius 2 is 2.03 bits per heavy atom. The maximum atomic E-state index is 14.0. The second-order valence-corrected chi connectivity index (χ2v) is 7.63. The topological polar surface area (TPSA) is 59.5 Å². The van der Waals surface area contributed by atoms with Gasteiger partial charge in [-0.1, -0.05) is 24.8 Å². The Kier molecular flexibility index (Phi) is 5.91. The average Bonchev–Trinajstić information content (AvgIpc) is 3.09. The van der Waals surface area contributed by atoms with Crippen molar-refractivity contribution in [1.29, 1.82) is 0 Å². The minimum absolute atomic E-state index is 0.0724. The first-order valence-electron chi connectivity index (χ1n) is 10.3. The molecule has 0 amide bonds. The summed E-state index contributed by atoms with van der Waals surface area (Å²) in [6.45, 7) is 10.6. The van der Waals surface area contributed by atoms with Gasteiger partial charge in [-0.2, -0.15) is 13.9 Å². The predicted molar refractivity (Wildman–Crippen MR) is 115 cm³/mol. The third kappa shape index (κ3) is 4.25. The Hall–Kier alpha value is -3.00. The van der Waals surface area contributed by atoms with Gasteiger partial charge in [0.1, 0.15) is 5.75 Å². The van der Waals surface area contributed by atoms with E-state index in [1.807, 2.05) is 26.0 Å². The van der Waals surface area contributed by atoms with E-state index in [4.69, 9.17) is 9.47 Å². The van der Waals surface area contributed by atoms with E-state index in [0.29, 0.717) is 24.6 Å². The number of anilines is 1. The van der Waals surface area contributed by atoms with Crippen molar-refractivity contribution in [2.75, 3.05) is 38.2 Å². The SMILES string of the molecule is C=C(/C=c1/c(NCc2cccc3c2OCC3(F)F)nnc(C)/c1=C/C)N1CCOCC1. The number of morpholine rings is 1. The molecule has 2 aromatic rings. The van der Waals surface area contributed by atoms with Crippen LogP contribution in [0.5, 0.6) is 5.75 Å². The largest absolute Gasteiger partial charge is 0.486 e. The van der Waals surface area contributed by atoms with Gasteiger partial charge in [0.2, 0.25) is 0 Å². The third-order valence-electron chi connectivity index (χ3n) is 5.59. The zero-order chi connectivity index (χ0) is 22.0. The molecule has 0 saturated carbocycles. The van der Waals surface area contributed by atoms with Crippen LogP contribution in [-0.4, -0.2) is 48.0 Å². The first kappa shape index (κ1) is 21.2. The molecule has 6 nitrogen and oxygen atoms in total. The van der Waals surface area contributed by atoms with Crippen LogP contribution in [0.25, 0.3) is 12.2 Å². The van der Waals surface area contributed by atoms with Gasteiger partial charge in [0.15, 0.2) is 12.4 Å². The van der Waals surface area contributed by atoms with E-state index in [2.05, 4.69) is 27.0 Å². The molecule has 1 saturated heterocycles. The minimum atomic E-state index is -2.96. The molecular weight excluding hydrogens is 402 g/mol. The fourth-order valence-corrected chi connectivity index (χ4v) is 3.91. The fourth-order valence-electron chi connectivity index (χ4n) is 3.91. The van der Waals surface area contributed by atoms with E-state index in [9.17, 15) is 8.78 Å². The van der Waals surface area contributed by atoms with Crippen molar-refractivity contribution in [2.24, 2.45) is 0 Å². The molecule has 2 aliphatic rings. The highest BCUT2D eigenvalue weighted by molar-refractivity contribution is 5.54. The van der Waals surface area contributed by atoms with Crippen molar-refractivity contribution in [2.45, 2.75) is 26.3 Å².